The van der Waals surface area contributed by atoms with Crippen molar-refractivity contribution in [3.8, 4) is 0 Å². The molecule has 1 saturated heterocycles. The van der Waals surface area contributed by atoms with Crippen LogP contribution >= 0.6 is 12.4 Å². The topological polar surface area (TPSA) is 35.2 Å². The van der Waals surface area contributed by atoms with E-state index in [4.69, 9.17) is 10.5 Å². The first-order valence-electron chi connectivity index (χ1n) is 3.18. The molecule has 1 aliphatic carbocycles. The number of nitrogens with two attached hydrogens (primary N) is 1. The Labute approximate surface area is 61.2 Å². The van der Waals surface area contributed by atoms with Gasteiger partial charge in [0.05, 0.1) is 6.61 Å². The number of fused-ring (bicyclic) bond motifs is 1. The zero-order valence-corrected chi connectivity index (χ0v) is 6.12. The van der Waals surface area contributed by atoms with Crippen LogP contribution in [0.3, 0.4) is 0 Å². The highest BCUT2D eigenvalue weighted by atomic mass is 35.5. The molecule has 0 aromatic rings. The van der Waals surface area contributed by atoms with Crippen molar-refractivity contribution in [1.82, 2.24) is 0 Å². The summed E-state index contributed by atoms with van der Waals surface area (Å²) in [6.45, 7) is 1.80. The second-order valence-corrected chi connectivity index (χ2v) is 2.96. The minimum atomic E-state index is 0. The molecule has 0 aromatic heterocycles. The van der Waals surface area contributed by atoms with Gasteiger partial charge in [0.1, 0.15) is 0 Å². The smallest absolute Gasteiger partial charge is 0.0512 e. The highest BCUT2D eigenvalue weighted by Gasteiger charge is 2.52. The fraction of sp³-hybridized carbons (Fsp3) is 1.00. The van der Waals surface area contributed by atoms with E-state index in [1.54, 1.807) is 0 Å². The summed E-state index contributed by atoms with van der Waals surface area (Å²) in [5.41, 5.74) is 6.09. The molecule has 3 heteroatoms. The van der Waals surface area contributed by atoms with Crippen molar-refractivity contribution in [3.63, 3.8) is 0 Å². The second-order valence-electron chi connectivity index (χ2n) is 2.96. The molecule has 0 bridgehead atoms. The van der Waals surface area contributed by atoms with Gasteiger partial charge in [-0.05, 0) is 12.8 Å². The van der Waals surface area contributed by atoms with Gasteiger partial charge in [-0.2, -0.15) is 0 Å². The lowest BCUT2D eigenvalue weighted by Gasteiger charge is -2.16. The molecular weight excluding hydrogens is 138 g/mol. The van der Waals surface area contributed by atoms with E-state index in [2.05, 4.69) is 0 Å². The molecule has 0 unspecified atom stereocenters. The molecule has 2 atom stereocenters. The van der Waals surface area contributed by atoms with E-state index >= 15 is 0 Å². The number of ether oxygens (including phenoxy) is 1. The first-order valence-corrected chi connectivity index (χ1v) is 3.18. The van der Waals surface area contributed by atoms with Crippen LogP contribution in [0.15, 0.2) is 0 Å². The molecule has 0 amide bonds. The van der Waals surface area contributed by atoms with E-state index in [1.807, 2.05) is 0 Å². The summed E-state index contributed by atoms with van der Waals surface area (Å²) >= 11 is 0. The highest BCUT2D eigenvalue weighted by molar-refractivity contribution is 5.85. The van der Waals surface area contributed by atoms with Crippen LogP contribution < -0.4 is 5.73 Å². The lowest BCUT2D eigenvalue weighted by atomic mass is 10.1. The number of halogens is 1. The van der Waals surface area contributed by atoms with E-state index in [1.165, 1.54) is 6.42 Å². The second kappa shape index (κ2) is 2.11. The summed E-state index contributed by atoms with van der Waals surface area (Å²) in [7, 11) is 0. The first-order chi connectivity index (χ1) is 3.81. The van der Waals surface area contributed by atoms with Crippen molar-refractivity contribution < 1.29 is 4.74 Å². The molecule has 1 heterocycles. The zero-order chi connectivity index (χ0) is 5.61. The molecule has 0 radical (unpaired) electrons. The van der Waals surface area contributed by atoms with Gasteiger partial charge in [-0.25, -0.2) is 0 Å². The van der Waals surface area contributed by atoms with Gasteiger partial charge in [0.15, 0.2) is 0 Å². The highest BCUT2D eigenvalue weighted by Crippen LogP contribution is 2.46. The molecule has 2 nitrogen and oxygen atoms in total. The largest absolute Gasteiger partial charge is 0.381 e. The van der Waals surface area contributed by atoms with Crippen molar-refractivity contribution in [1.29, 1.82) is 0 Å². The average molecular weight is 150 g/mol. The molecule has 9 heavy (non-hydrogen) atoms. The maximum Gasteiger partial charge on any atom is 0.0512 e. The van der Waals surface area contributed by atoms with Gasteiger partial charge in [-0.1, -0.05) is 0 Å². The zero-order valence-electron chi connectivity index (χ0n) is 5.30. The van der Waals surface area contributed by atoms with Gasteiger partial charge in [-0.3, -0.25) is 0 Å². The van der Waals surface area contributed by atoms with Crippen LogP contribution in [0, 0.1) is 5.92 Å². The van der Waals surface area contributed by atoms with E-state index in [0.29, 0.717) is 5.92 Å². The van der Waals surface area contributed by atoms with Crippen molar-refractivity contribution in [2.24, 2.45) is 11.7 Å². The molecule has 1 aliphatic heterocycles. The quantitative estimate of drug-likeness (QED) is 0.546. The van der Waals surface area contributed by atoms with Gasteiger partial charge in [0.2, 0.25) is 0 Å². The monoisotopic (exact) mass is 149 g/mol. The SMILES string of the molecule is Cl.N[C@@]12CCOC[C@@H]1C2. The predicted molar refractivity (Wildman–Crippen MR) is 37.7 cm³/mol. The van der Waals surface area contributed by atoms with Crippen LogP contribution in [0.25, 0.3) is 0 Å². The van der Waals surface area contributed by atoms with Gasteiger partial charge in [0.25, 0.3) is 0 Å². The van der Waals surface area contributed by atoms with Crippen molar-refractivity contribution in [2.45, 2.75) is 18.4 Å². The van der Waals surface area contributed by atoms with Crippen molar-refractivity contribution >= 4 is 12.4 Å². The Morgan fingerprint density at radius 3 is 2.78 bits per heavy atom. The number of rotatable bonds is 0. The summed E-state index contributed by atoms with van der Waals surface area (Å²) in [4.78, 5) is 0. The molecule has 0 aromatic carbocycles. The molecule has 54 valence electrons. The molecule has 2 N–H and O–H groups in total. The molecule has 2 fully saturated rings. The third kappa shape index (κ3) is 1.07. The van der Waals surface area contributed by atoms with Crippen LogP contribution in [0.5, 0.6) is 0 Å². The van der Waals surface area contributed by atoms with Gasteiger partial charge >= 0.3 is 0 Å². The minimum Gasteiger partial charge on any atom is -0.381 e. The van der Waals surface area contributed by atoms with Gasteiger partial charge in [-0.15, -0.1) is 12.4 Å². The van der Waals surface area contributed by atoms with Gasteiger partial charge in [0, 0.05) is 18.1 Å². The van der Waals surface area contributed by atoms with E-state index in [-0.39, 0.29) is 17.9 Å². The number of hydrogen-bond acceptors (Lipinski definition) is 2. The van der Waals surface area contributed by atoms with Crippen LogP contribution in [0.1, 0.15) is 12.8 Å². The minimum absolute atomic E-state index is 0. The van der Waals surface area contributed by atoms with Crippen molar-refractivity contribution in [3.05, 3.63) is 0 Å². The molecule has 0 spiro atoms. The van der Waals surface area contributed by atoms with Gasteiger partial charge < -0.3 is 10.5 Å². The number of hydrogen-bond donors (Lipinski definition) is 1. The molecule has 2 aliphatic rings. The lowest BCUT2D eigenvalue weighted by molar-refractivity contribution is 0.0818. The Morgan fingerprint density at radius 1 is 1.56 bits per heavy atom. The maximum atomic E-state index is 5.87. The fourth-order valence-corrected chi connectivity index (χ4v) is 1.42. The Bertz CT molecular complexity index is 118. The standard InChI is InChI=1S/C6H11NO.ClH/c7-6-1-2-8-4-5(6)3-6;/h5H,1-4,7H2;1H/t5-,6+;/m0./s1. The molecular formula is C6H12ClNO. The first kappa shape index (κ1) is 7.32. The third-order valence-electron chi connectivity index (χ3n) is 2.31. The average Bonchev–Trinajstić information content (AvgIpc) is 2.39. The van der Waals surface area contributed by atoms with E-state index in [9.17, 15) is 0 Å². The summed E-state index contributed by atoms with van der Waals surface area (Å²) in [6, 6.07) is 0. The summed E-state index contributed by atoms with van der Waals surface area (Å²) in [5.74, 6) is 0.705. The van der Waals surface area contributed by atoms with E-state index < -0.39 is 0 Å². The maximum absolute atomic E-state index is 5.87. The third-order valence-corrected chi connectivity index (χ3v) is 2.31. The Morgan fingerprint density at radius 2 is 2.33 bits per heavy atom. The Hall–Kier alpha value is 0.210. The van der Waals surface area contributed by atoms with Crippen LogP contribution in [0.4, 0.5) is 0 Å². The Kier molecular flexibility index (Phi) is 1.72. The van der Waals surface area contributed by atoms with Crippen LogP contribution in [0.2, 0.25) is 0 Å². The summed E-state index contributed by atoms with van der Waals surface area (Å²) in [6.07, 6.45) is 2.28. The van der Waals surface area contributed by atoms with Crippen LogP contribution in [-0.4, -0.2) is 18.8 Å². The predicted octanol–water partition coefficient (Wildman–Crippen LogP) is 0.546. The van der Waals surface area contributed by atoms with Crippen LogP contribution in [-0.2, 0) is 4.74 Å². The summed E-state index contributed by atoms with van der Waals surface area (Å²) < 4.78 is 5.21. The molecule has 1 saturated carbocycles. The molecule has 2 rings (SSSR count). The van der Waals surface area contributed by atoms with Crippen molar-refractivity contribution in [2.75, 3.05) is 13.2 Å². The normalized spacial score (nSPS) is 47.0. The lowest BCUT2D eigenvalue weighted by Crippen LogP contribution is -2.31. The fourth-order valence-electron chi connectivity index (χ4n) is 1.42. The Balaban J connectivity index is 0.000000405. The van der Waals surface area contributed by atoms with E-state index in [0.717, 1.165) is 19.6 Å². The summed E-state index contributed by atoms with van der Waals surface area (Å²) in [5, 5.41) is 0.